The van der Waals surface area contributed by atoms with Crippen LogP contribution in [0, 0.1) is 0 Å². The van der Waals surface area contributed by atoms with Crippen LogP contribution in [-0.4, -0.2) is 89.9 Å². The Morgan fingerprint density at radius 1 is 0.686 bits per heavy atom. The summed E-state index contributed by atoms with van der Waals surface area (Å²) < 4.78 is 0. The molecule has 0 saturated carbocycles. The second-order valence-corrected chi connectivity index (χ2v) is 11.9. The number of urea groups is 1. The molecule has 2 rings (SSSR count). The van der Waals surface area contributed by atoms with Crippen molar-refractivity contribution in [3.63, 3.8) is 0 Å². The molecule has 18 heteroatoms. The monoisotopic (exact) mass is 711 g/mol. The Morgan fingerprint density at radius 2 is 1.22 bits per heavy atom. The molecular formula is C33H49N11O7. The van der Waals surface area contributed by atoms with Gasteiger partial charge in [0.25, 0.3) is 0 Å². The fraction of sp³-hybridized carbons (Fsp3) is 0.424. The number of carbonyl (C=O) groups is 6. The van der Waals surface area contributed by atoms with E-state index in [-0.39, 0.29) is 56.9 Å². The predicted molar refractivity (Wildman–Crippen MR) is 189 cm³/mol. The molecule has 16 N–H and O–H groups in total. The van der Waals surface area contributed by atoms with E-state index >= 15 is 0 Å². The summed E-state index contributed by atoms with van der Waals surface area (Å²) in [5.74, 6) is -3.77. The van der Waals surface area contributed by atoms with Crippen LogP contribution in [0.2, 0.25) is 0 Å². The lowest BCUT2D eigenvalue weighted by Crippen LogP contribution is -2.59. The molecule has 5 atom stereocenters. The highest BCUT2D eigenvalue weighted by Gasteiger charge is 2.31. The lowest BCUT2D eigenvalue weighted by Gasteiger charge is -2.26. The van der Waals surface area contributed by atoms with Crippen LogP contribution in [0.3, 0.4) is 0 Å². The van der Waals surface area contributed by atoms with Crippen molar-refractivity contribution in [3.8, 4) is 5.75 Å². The Hall–Kier alpha value is -5.91. The van der Waals surface area contributed by atoms with Gasteiger partial charge in [-0.15, -0.1) is 0 Å². The van der Waals surface area contributed by atoms with Crippen molar-refractivity contribution >= 4 is 41.5 Å². The molecule has 51 heavy (non-hydrogen) atoms. The average molecular weight is 712 g/mol. The fourth-order valence-corrected chi connectivity index (χ4v) is 4.78. The van der Waals surface area contributed by atoms with Gasteiger partial charge in [-0.2, -0.15) is 0 Å². The number of rotatable bonds is 21. The smallest absolute Gasteiger partial charge is 0.312 e. The van der Waals surface area contributed by atoms with E-state index in [0.717, 1.165) is 0 Å². The minimum absolute atomic E-state index is 0.00722. The molecule has 0 aliphatic rings. The zero-order valence-corrected chi connectivity index (χ0v) is 28.5. The molecule has 278 valence electrons. The maximum Gasteiger partial charge on any atom is 0.312 e. The Morgan fingerprint density at radius 3 is 1.78 bits per heavy atom. The summed E-state index contributed by atoms with van der Waals surface area (Å²) in [6.45, 7) is 1.72. The van der Waals surface area contributed by atoms with Gasteiger partial charge in [-0.1, -0.05) is 42.5 Å². The number of amides is 7. The second-order valence-electron chi connectivity index (χ2n) is 11.9. The number of hydrogen-bond acceptors (Lipinski definition) is 9. The molecule has 7 amide bonds. The first-order chi connectivity index (χ1) is 24.2. The number of nitrogens with zero attached hydrogens (tertiary/aromatic N) is 1. The number of nitrogens with two attached hydrogens (primary N) is 5. The van der Waals surface area contributed by atoms with Crippen LogP contribution in [-0.2, 0) is 36.8 Å². The third-order valence-corrected chi connectivity index (χ3v) is 7.62. The third-order valence-electron chi connectivity index (χ3n) is 7.62. The molecule has 0 fully saturated rings. The average Bonchev–Trinajstić information content (AvgIpc) is 3.08. The van der Waals surface area contributed by atoms with E-state index in [1.165, 1.54) is 19.1 Å². The molecule has 2 aromatic rings. The summed E-state index contributed by atoms with van der Waals surface area (Å²) >= 11 is 0. The molecule has 0 aliphatic heterocycles. The zero-order chi connectivity index (χ0) is 37.9. The number of aliphatic imine (C=N–C) groups is 1. The van der Waals surface area contributed by atoms with Gasteiger partial charge in [0.15, 0.2) is 5.96 Å². The molecule has 0 aliphatic carbocycles. The summed E-state index contributed by atoms with van der Waals surface area (Å²) in [4.78, 5) is 80.5. The highest BCUT2D eigenvalue weighted by molar-refractivity contribution is 5.96. The van der Waals surface area contributed by atoms with Crippen molar-refractivity contribution in [1.29, 1.82) is 0 Å². The molecule has 0 spiro atoms. The lowest BCUT2D eigenvalue weighted by molar-refractivity contribution is -0.134. The van der Waals surface area contributed by atoms with Gasteiger partial charge in [0.2, 0.25) is 29.5 Å². The van der Waals surface area contributed by atoms with Crippen LogP contribution >= 0.6 is 0 Å². The van der Waals surface area contributed by atoms with Crippen LogP contribution in [0.15, 0.2) is 59.6 Å². The number of carbonyl (C=O) groups excluding carboxylic acids is 6. The minimum atomic E-state index is -1.24. The summed E-state index contributed by atoms with van der Waals surface area (Å²) in [5.41, 5.74) is 28.6. The lowest BCUT2D eigenvalue weighted by atomic mass is 10.0. The predicted octanol–water partition coefficient (Wildman–Crippen LogP) is -2.55. The van der Waals surface area contributed by atoms with Crippen LogP contribution in [0.5, 0.6) is 5.75 Å². The van der Waals surface area contributed by atoms with Gasteiger partial charge in [0.1, 0.15) is 29.9 Å². The molecule has 2 aromatic carbocycles. The van der Waals surface area contributed by atoms with E-state index in [0.29, 0.717) is 17.5 Å². The van der Waals surface area contributed by atoms with E-state index in [2.05, 4.69) is 31.6 Å². The molecule has 0 bridgehead atoms. The van der Waals surface area contributed by atoms with Gasteiger partial charge in [-0.3, -0.25) is 29.0 Å². The fourth-order valence-electron chi connectivity index (χ4n) is 4.78. The topological polar surface area (TPSA) is 325 Å². The number of phenolic OH excluding ortho intramolecular Hbond substituents is 1. The van der Waals surface area contributed by atoms with Gasteiger partial charge in [0, 0.05) is 25.9 Å². The Bertz CT molecular complexity index is 1500. The summed E-state index contributed by atoms with van der Waals surface area (Å²) in [6.07, 6.45) is 0.766. The molecule has 0 heterocycles. The van der Waals surface area contributed by atoms with Crippen LogP contribution in [0.4, 0.5) is 4.79 Å². The van der Waals surface area contributed by atoms with E-state index in [1.807, 2.05) is 0 Å². The number of primary amides is 2. The number of hydrogen-bond donors (Lipinski definition) is 11. The normalized spacial score (nSPS) is 13.6. The van der Waals surface area contributed by atoms with Crippen molar-refractivity contribution in [2.24, 2.45) is 33.7 Å². The van der Waals surface area contributed by atoms with Gasteiger partial charge in [-0.05, 0) is 55.9 Å². The Kier molecular flexibility index (Phi) is 17.2. The van der Waals surface area contributed by atoms with E-state index < -0.39 is 65.8 Å². The van der Waals surface area contributed by atoms with Crippen molar-refractivity contribution in [2.45, 2.75) is 75.7 Å². The molecular weight excluding hydrogens is 662 g/mol. The Labute approximate surface area is 295 Å². The maximum atomic E-state index is 13.8. The van der Waals surface area contributed by atoms with Crippen molar-refractivity contribution in [3.05, 3.63) is 65.7 Å². The zero-order valence-electron chi connectivity index (χ0n) is 28.5. The summed E-state index contributed by atoms with van der Waals surface area (Å²) in [5, 5.41) is 22.6. The standard InChI is InChI=1S/C33H49N11O7/c1-19(27(35)46)41-30(49)25(17-20-7-3-2-4-8-20)44-29(48)24(10-6-15-39-32(36)37)42-31(50)26(18-21-11-13-22(45)14-12-21)43-28(47)23(34)9-5-16-40-33(38)51/h2-4,7-8,11-14,19,23-26,45H,5-6,9-10,15-18,34H2,1H3,(H2,35,46)(H,41,49)(H,42,50)(H,43,47)(H,44,48)(H4,36,37,39)(H3,38,40,51)/t19-,23+,24-,25+,26+/m1/s1. The van der Waals surface area contributed by atoms with E-state index in [9.17, 15) is 33.9 Å². The van der Waals surface area contributed by atoms with Crippen LogP contribution in [0.1, 0.15) is 43.7 Å². The number of benzene rings is 2. The van der Waals surface area contributed by atoms with Gasteiger partial charge < -0.3 is 60.4 Å². The first-order valence-corrected chi connectivity index (χ1v) is 16.3. The number of guanidine groups is 1. The SMILES string of the molecule is C[C@@H](NC(=O)[C@H](Cc1ccccc1)NC(=O)[C@@H](CCCN=C(N)N)NC(=O)[C@H](Cc1ccc(O)cc1)NC(=O)[C@@H](N)CCCNC(N)=O)C(N)=O. The van der Waals surface area contributed by atoms with Gasteiger partial charge in [-0.25, -0.2) is 4.79 Å². The van der Waals surface area contributed by atoms with Crippen molar-refractivity contribution in [1.82, 2.24) is 26.6 Å². The van der Waals surface area contributed by atoms with Gasteiger partial charge in [0.05, 0.1) is 6.04 Å². The molecule has 0 aromatic heterocycles. The summed E-state index contributed by atoms with van der Waals surface area (Å²) in [7, 11) is 0. The largest absolute Gasteiger partial charge is 0.508 e. The number of aromatic hydroxyl groups is 1. The van der Waals surface area contributed by atoms with E-state index in [4.69, 9.17) is 28.7 Å². The first kappa shape index (κ1) is 41.3. The van der Waals surface area contributed by atoms with Crippen LogP contribution < -0.4 is 55.3 Å². The summed E-state index contributed by atoms with van der Waals surface area (Å²) in [6, 6.07) is 8.35. The molecule has 0 saturated heterocycles. The minimum Gasteiger partial charge on any atom is -0.508 e. The first-order valence-electron chi connectivity index (χ1n) is 16.3. The van der Waals surface area contributed by atoms with Crippen molar-refractivity contribution in [2.75, 3.05) is 13.1 Å². The second kappa shape index (κ2) is 21.2. The molecule has 0 radical (unpaired) electrons. The Balaban J connectivity index is 2.34. The third kappa shape index (κ3) is 15.9. The quantitative estimate of drug-likeness (QED) is 0.0366. The maximum absolute atomic E-state index is 13.8. The highest BCUT2D eigenvalue weighted by atomic mass is 16.3. The number of nitrogens with one attached hydrogen (secondary N) is 5. The van der Waals surface area contributed by atoms with Gasteiger partial charge >= 0.3 is 6.03 Å². The molecule has 18 nitrogen and oxygen atoms in total. The van der Waals surface area contributed by atoms with Crippen LogP contribution in [0.25, 0.3) is 0 Å². The van der Waals surface area contributed by atoms with E-state index in [1.54, 1.807) is 42.5 Å². The number of phenols is 1. The highest BCUT2D eigenvalue weighted by Crippen LogP contribution is 2.13. The van der Waals surface area contributed by atoms with Crippen molar-refractivity contribution < 1.29 is 33.9 Å². The molecule has 0 unspecified atom stereocenters.